The lowest BCUT2D eigenvalue weighted by atomic mass is 10.1. The van der Waals surface area contributed by atoms with Crippen molar-refractivity contribution in [3.63, 3.8) is 0 Å². The van der Waals surface area contributed by atoms with Crippen LogP contribution in [0, 0.1) is 0 Å². The van der Waals surface area contributed by atoms with Crippen molar-refractivity contribution in [3.05, 3.63) is 82.5 Å². The molecule has 1 unspecified atom stereocenters. The van der Waals surface area contributed by atoms with Gasteiger partial charge in [0.1, 0.15) is 0 Å². The van der Waals surface area contributed by atoms with Gasteiger partial charge in [-0.3, -0.25) is 0 Å². The Kier molecular flexibility index (Phi) is 6.13. The minimum Gasteiger partial charge on any atom is -0.501 e. The Morgan fingerprint density at radius 3 is 2.07 bits per heavy atom. The Bertz CT molecular complexity index is 851. The molecule has 0 fully saturated rings. The smallest absolute Gasteiger partial charge is 0.375 e. The number of thioether (sulfide) groups is 2. The van der Waals surface area contributed by atoms with Crippen molar-refractivity contribution >= 4 is 35.5 Å². The summed E-state index contributed by atoms with van der Waals surface area (Å²) in [6, 6.07) is 19.0. The Labute approximate surface area is 165 Å². The highest BCUT2D eigenvalue weighted by Crippen LogP contribution is 2.43. The molecule has 0 spiro atoms. The third kappa shape index (κ3) is 4.31. The second kappa shape index (κ2) is 8.54. The quantitative estimate of drug-likeness (QED) is 0.646. The molecule has 0 aromatic heterocycles. The first kappa shape index (κ1) is 19.4. The molecule has 0 aliphatic carbocycles. The van der Waals surface area contributed by atoms with Crippen LogP contribution in [0.1, 0.15) is 11.1 Å². The summed E-state index contributed by atoms with van der Waals surface area (Å²) in [5.74, 6) is -1.87. The summed E-state index contributed by atoms with van der Waals surface area (Å²) in [5.41, 5.74) is 0.137. The average molecular weight is 402 g/mol. The number of aliphatic hydroxyl groups is 1. The summed E-state index contributed by atoms with van der Waals surface area (Å²) in [5, 5.41) is 20.0. The second-order valence-electron chi connectivity index (χ2n) is 5.95. The van der Waals surface area contributed by atoms with Gasteiger partial charge in [0.05, 0.1) is 4.91 Å². The number of cyclic esters (lactones) is 1. The zero-order chi connectivity index (χ0) is 19.3. The molecule has 1 atom stereocenters. The highest BCUT2D eigenvalue weighted by molar-refractivity contribution is 8.02. The Hall–Kier alpha value is -2.38. The SMILES string of the molecule is O=C1OC(CSCc2ccccc2)(C(=O)O)C(SCc2ccccc2)=C1O. The van der Waals surface area contributed by atoms with Crippen LogP contribution in [0.5, 0.6) is 0 Å². The molecule has 1 aliphatic rings. The first-order valence-electron chi connectivity index (χ1n) is 8.22. The fourth-order valence-corrected chi connectivity index (χ4v) is 5.03. The molecule has 27 heavy (non-hydrogen) atoms. The highest BCUT2D eigenvalue weighted by Gasteiger charge is 2.54. The Morgan fingerprint density at radius 1 is 0.963 bits per heavy atom. The molecule has 0 saturated carbocycles. The normalized spacial score (nSPS) is 19.2. The van der Waals surface area contributed by atoms with Gasteiger partial charge in [-0.1, -0.05) is 60.7 Å². The van der Waals surface area contributed by atoms with E-state index in [0.29, 0.717) is 11.5 Å². The zero-order valence-corrected chi connectivity index (χ0v) is 16.0. The van der Waals surface area contributed by atoms with Crippen molar-refractivity contribution in [3.8, 4) is 0 Å². The van der Waals surface area contributed by atoms with Crippen LogP contribution in [0.4, 0.5) is 0 Å². The van der Waals surface area contributed by atoms with E-state index in [1.165, 1.54) is 11.8 Å². The molecule has 1 heterocycles. The Morgan fingerprint density at radius 2 is 1.52 bits per heavy atom. The van der Waals surface area contributed by atoms with E-state index in [1.807, 2.05) is 60.7 Å². The summed E-state index contributed by atoms with van der Waals surface area (Å²) in [6.45, 7) is 0. The number of ether oxygens (including phenoxy) is 1. The van der Waals surface area contributed by atoms with Crippen LogP contribution < -0.4 is 0 Å². The van der Waals surface area contributed by atoms with Crippen molar-refractivity contribution in [2.45, 2.75) is 17.1 Å². The lowest BCUT2D eigenvalue weighted by Gasteiger charge is -2.25. The molecule has 5 nitrogen and oxygen atoms in total. The number of aliphatic carboxylic acids is 1. The molecule has 0 radical (unpaired) electrons. The van der Waals surface area contributed by atoms with Crippen LogP contribution in [-0.2, 0) is 25.8 Å². The van der Waals surface area contributed by atoms with Gasteiger partial charge in [0.2, 0.25) is 5.76 Å². The van der Waals surface area contributed by atoms with Crippen LogP contribution in [0.25, 0.3) is 0 Å². The maximum atomic E-state index is 12.0. The standard InChI is InChI=1S/C20H18O5S2/c21-16-17(27-12-15-9-5-2-6-10-15)20(19(23)24,25-18(16)22)13-26-11-14-7-3-1-4-8-14/h1-10,21H,11-13H2,(H,23,24). The monoisotopic (exact) mass is 402 g/mol. The minimum atomic E-state index is -1.86. The van der Waals surface area contributed by atoms with Crippen molar-refractivity contribution < 1.29 is 24.5 Å². The second-order valence-corrected chi connectivity index (χ2v) is 7.92. The first-order valence-corrected chi connectivity index (χ1v) is 10.4. The van der Waals surface area contributed by atoms with Gasteiger partial charge >= 0.3 is 11.9 Å². The number of carbonyl (C=O) groups excluding carboxylic acids is 1. The molecule has 1 aliphatic heterocycles. The maximum absolute atomic E-state index is 12.0. The lowest BCUT2D eigenvalue weighted by molar-refractivity contribution is -0.165. The minimum absolute atomic E-state index is 0.0180. The molecule has 7 heteroatoms. The molecule has 140 valence electrons. The van der Waals surface area contributed by atoms with Crippen molar-refractivity contribution in [1.82, 2.24) is 0 Å². The van der Waals surface area contributed by atoms with E-state index < -0.39 is 23.3 Å². The van der Waals surface area contributed by atoms with Gasteiger partial charge in [-0.05, 0) is 11.1 Å². The molecule has 2 aromatic rings. The molecule has 2 N–H and O–H groups in total. The summed E-state index contributed by atoms with van der Waals surface area (Å²) in [6.07, 6.45) is 0. The summed E-state index contributed by atoms with van der Waals surface area (Å²) in [7, 11) is 0. The van der Waals surface area contributed by atoms with Crippen LogP contribution in [-0.4, -0.2) is 33.5 Å². The van der Waals surface area contributed by atoms with Crippen molar-refractivity contribution in [2.75, 3.05) is 5.75 Å². The number of carbonyl (C=O) groups is 2. The van der Waals surface area contributed by atoms with Crippen molar-refractivity contribution in [2.24, 2.45) is 0 Å². The number of hydrogen-bond donors (Lipinski definition) is 2. The number of hydrogen-bond acceptors (Lipinski definition) is 6. The number of benzene rings is 2. The van der Waals surface area contributed by atoms with Gasteiger partial charge in [-0.2, -0.15) is 11.8 Å². The highest BCUT2D eigenvalue weighted by atomic mass is 32.2. The van der Waals surface area contributed by atoms with Crippen LogP contribution in [0.15, 0.2) is 71.3 Å². The molecular weight excluding hydrogens is 384 g/mol. The van der Waals surface area contributed by atoms with Gasteiger partial charge in [-0.25, -0.2) is 9.59 Å². The van der Waals surface area contributed by atoms with Gasteiger partial charge in [0.25, 0.3) is 5.60 Å². The average Bonchev–Trinajstić information content (AvgIpc) is 2.93. The maximum Gasteiger partial charge on any atom is 0.375 e. The number of carboxylic acids is 1. The van der Waals surface area contributed by atoms with E-state index >= 15 is 0 Å². The van der Waals surface area contributed by atoms with E-state index in [9.17, 15) is 19.8 Å². The van der Waals surface area contributed by atoms with E-state index in [0.717, 1.165) is 22.9 Å². The van der Waals surface area contributed by atoms with Crippen LogP contribution in [0.3, 0.4) is 0 Å². The fourth-order valence-electron chi connectivity index (χ4n) is 2.64. The molecule has 0 amide bonds. The molecule has 2 aromatic carbocycles. The van der Waals surface area contributed by atoms with Crippen molar-refractivity contribution in [1.29, 1.82) is 0 Å². The third-order valence-electron chi connectivity index (χ3n) is 4.03. The molecule has 0 bridgehead atoms. The third-order valence-corrected chi connectivity index (χ3v) is 6.47. The van der Waals surface area contributed by atoms with Crippen LogP contribution in [0.2, 0.25) is 0 Å². The van der Waals surface area contributed by atoms with E-state index in [1.54, 1.807) is 0 Å². The van der Waals surface area contributed by atoms with E-state index in [-0.39, 0.29) is 10.7 Å². The van der Waals surface area contributed by atoms with E-state index in [4.69, 9.17) is 4.74 Å². The van der Waals surface area contributed by atoms with E-state index in [2.05, 4.69) is 0 Å². The predicted molar refractivity (Wildman–Crippen MR) is 106 cm³/mol. The summed E-state index contributed by atoms with van der Waals surface area (Å²) >= 11 is 2.46. The Balaban J connectivity index is 1.76. The number of esters is 1. The predicted octanol–water partition coefficient (Wildman–Crippen LogP) is 4.00. The molecular formula is C20H18O5S2. The molecule has 0 saturated heterocycles. The number of rotatable bonds is 8. The topological polar surface area (TPSA) is 83.8 Å². The van der Waals surface area contributed by atoms with Gasteiger partial charge < -0.3 is 14.9 Å². The largest absolute Gasteiger partial charge is 0.501 e. The van der Waals surface area contributed by atoms with Crippen LogP contribution >= 0.6 is 23.5 Å². The first-order chi connectivity index (χ1) is 13.0. The van der Waals surface area contributed by atoms with Gasteiger partial charge in [0.15, 0.2) is 0 Å². The lowest BCUT2D eigenvalue weighted by Crippen LogP contribution is -2.43. The summed E-state index contributed by atoms with van der Waals surface area (Å²) < 4.78 is 5.16. The number of aliphatic hydroxyl groups excluding tert-OH is 1. The molecule has 3 rings (SSSR count). The number of carboxylic acid groups (broad SMARTS) is 1. The van der Waals surface area contributed by atoms with Gasteiger partial charge in [0, 0.05) is 17.3 Å². The fraction of sp³-hybridized carbons (Fsp3) is 0.200. The summed E-state index contributed by atoms with van der Waals surface area (Å²) in [4.78, 5) is 24.0. The zero-order valence-electron chi connectivity index (χ0n) is 14.3. The van der Waals surface area contributed by atoms with Gasteiger partial charge in [-0.15, -0.1) is 11.8 Å².